The van der Waals surface area contributed by atoms with Crippen molar-refractivity contribution in [3.63, 3.8) is 0 Å². The van der Waals surface area contributed by atoms with Gasteiger partial charge in [0.2, 0.25) is 0 Å². The van der Waals surface area contributed by atoms with Gasteiger partial charge in [-0.1, -0.05) is 18.2 Å². The fraction of sp³-hybridized carbons (Fsp3) is 0.500. The first-order chi connectivity index (χ1) is 6.98. The molecule has 0 saturated heterocycles. The topological polar surface area (TPSA) is 26.3 Å². The summed E-state index contributed by atoms with van der Waals surface area (Å²) in [7, 11) is 0. The normalized spacial score (nSPS) is 11.7. The number of alkyl halides is 3. The van der Waals surface area contributed by atoms with Crippen LogP contribution < -0.4 is 0 Å². The number of allylic oxidation sites excluding steroid dienone is 2. The van der Waals surface area contributed by atoms with Crippen LogP contribution in [0.2, 0.25) is 0 Å². The molecule has 0 heterocycles. The molecule has 0 aliphatic carbocycles. The van der Waals surface area contributed by atoms with Gasteiger partial charge in [-0.3, -0.25) is 0 Å². The Balaban J connectivity index is 3.53. The Morgan fingerprint density at radius 1 is 1.27 bits per heavy atom. The van der Waals surface area contributed by atoms with Crippen molar-refractivity contribution in [1.82, 2.24) is 0 Å². The number of carbonyl (C=O) groups is 1. The van der Waals surface area contributed by atoms with Gasteiger partial charge in [-0.2, -0.15) is 13.2 Å². The van der Waals surface area contributed by atoms with Crippen molar-refractivity contribution in [3.8, 4) is 0 Å². The van der Waals surface area contributed by atoms with Gasteiger partial charge in [-0.25, -0.2) is 4.79 Å². The zero-order valence-corrected chi connectivity index (χ0v) is 8.22. The van der Waals surface area contributed by atoms with Crippen molar-refractivity contribution in [2.75, 3.05) is 6.61 Å². The van der Waals surface area contributed by atoms with Crippen LogP contribution in [0.1, 0.15) is 19.3 Å². The molecule has 0 atom stereocenters. The van der Waals surface area contributed by atoms with Crippen molar-refractivity contribution in [3.05, 3.63) is 24.8 Å². The second-order valence-electron chi connectivity index (χ2n) is 2.79. The van der Waals surface area contributed by atoms with Crippen molar-refractivity contribution >= 4 is 5.97 Å². The first-order valence-corrected chi connectivity index (χ1v) is 4.48. The minimum atomic E-state index is -4.91. The monoisotopic (exact) mass is 222 g/mol. The van der Waals surface area contributed by atoms with Gasteiger partial charge < -0.3 is 4.74 Å². The Labute approximate surface area is 86.4 Å². The zero-order valence-electron chi connectivity index (χ0n) is 8.22. The molecule has 2 nitrogen and oxygen atoms in total. The molecule has 5 heteroatoms. The van der Waals surface area contributed by atoms with E-state index in [0.717, 1.165) is 19.3 Å². The van der Waals surface area contributed by atoms with Gasteiger partial charge in [-0.15, -0.1) is 6.58 Å². The number of hydrogen-bond donors (Lipinski definition) is 0. The quantitative estimate of drug-likeness (QED) is 0.392. The molecule has 0 amide bonds. The van der Waals surface area contributed by atoms with E-state index in [-0.39, 0.29) is 6.61 Å². The first kappa shape index (κ1) is 13.7. The summed E-state index contributed by atoms with van der Waals surface area (Å²) in [4.78, 5) is 10.2. The molecule has 0 spiro atoms. The zero-order chi connectivity index (χ0) is 11.7. The van der Waals surface area contributed by atoms with Crippen LogP contribution in [0.3, 0.4) is 0 Å². The molecular weight excluding hydrogens is 209 g/mol. The van der Waals surface area contributed by atoms with E-state index in [2.05, 4.69) is 11.3 Å². The first-order valence-electron chi connectivity index (χ1n) is 4.48. The van der Waals surface area contributed by atoms with Gasteiger partial charge in [-0.05, 0) is 19.3 Å². The molecule has 0 aromatic rings. The average molecular weight is 222 g/mol. The highest BCUT2D eigenvalue weighted by atomic mass is 19.4. The molecule has 0 bridgehead atoms. The third-order valence-corrected chi connectivity index (χ3v) is 1.49. The number of halogens is 3. The van der Waals surface area contributed by atoms with E-state index in [0.29, 0.717) is 0 Å². The van der Waals surface area contributed by atoms with E-state index in [9.17, 15) is 18.0 Å². The lowest BCUT2D eigenvalue weighted by molar-refractivity contribution is -0.198. The van der Waals surface area contributed by atoms with Crippen molar-refractivity contribution in [2.45, 2.75) is 25.4 Å². The predicted octanol–water partition coefficient (Wildman–Crippen LogP) is 3.00. The summed E-state index contributed by atoms with van der Waals surface area (Å²) in [6.07, 6.45) is 2.39. The Morgan fingerprint density at radius 2 is 1.93 bits per heavy atom. The smallest absolute Gasteiger partial charge is 0.455 e. The molecule has 0 saturated carbocycles. The summed E-state index contributed by atoms with van der Waals surface area (Å²) < 4.78 is 38.8. The number of ether oxygens (including phenoxy) is 1. The van der Waals surface area contributed by atoms with Gasteiger partial charge in [0.15, 0.2) is 0 Å². The third kappa shape index (κ3) is 7.78. The molecule has 0 fully saturated rings. The average Bonchev–Trinajstić information content (AvgIpc) is 2.14. The van der Waals surface area contributed by atoms with Crippen LogP contribution >= 0.6 is 0 Å². The van der Waals surface area contributed by atoms with Crippen LogP contribution in [-0.2, 0) is 9.53 Å². The van der Waals surface area contributed by atoms with E-state index in [1.165, 1.54) is 6.08 Å². The summed E-state index contributed by atoms with van der Waals surface area (Å²) in [6, 6.07) is 0. The highest BCUT2D eigenvalue weighted by molar-refractivity contribution is 5.75. The highest BCUT2D eigenvalue weighted by Crippen LogP contribution is 2.16. The van der Waals surface area contributed by atoms with E-state index >= 15 is 0 Å². The molecule has 0 aromatic heterocycles. The lowest BCUT2D eigenvalue weighted by atomic mass is 10.2. The van der Waals surface area contributed by atoms with Crippen LogP contribution in [0.4, 0.5) is 13.2 Å². The second kappa shape index (κ2) is 7.09. The van der Waals surface area contributed by atoms with E-state index in [1.807, 2.05) is 0 Å². The molecular formula is C10H13F3O2. The molecule has 0 aromatic carbocycles. The molecule has 0 unspecified atom stereocenters. The molecule has 0 N–H and O–H groups in total. The lowest BCUT2D eigenvalue weighted by Crippen LogP contribution is -2.25. The number of hydrogen-bond acceptors (Lipinski definition) is 2. The number of rotatable bonds is 6. The summed E-state index contributed by atoms with van der Waals surface area (Å²) >= 11 is 0. The second-order valence-corrected chi connectivity index (χ2v) is 2.79. The Hall–Kier alpha value is -1.26. The Bertz CT molecular complexity index is 231. The van der Waals surface area contributed by atoms with Crippen LogP contribution in [0.15, 0.2) is 24.8 Å². The van der Waals surface area contributed by atoms with E-state index in [1.54, 1.807) is 12.2 Å². The largest absolute Gasteiger partial charge is 0.490 e. The minimum Gasteiger partial charge on any atom is -0.455 e. The predicted molar refractivity (Wildman–Crippen MR) is 50.2 cm³/mol. The maximum absolute atomic E-state index is 11.6. The van der Waals surface area contributed by atoms with Gasteiger partial charge in [0.25, 0.3) is 0 Å². The Morgan fingerprint density at radius 3 is 2.47 bits per heavy atom. The van der Waals surface area contributed by atoms with Crippen LogP contribution in [-0.4, -0.2) is 18.8 Å². The number of unbranched alkanes of at least 4 members (excludes halogenated alkanes) is 2. The molecule has 15 heavy (non-hydrogen) atoms. The maximum atomic E-state index is 11.6. The van der Waals surface area contributed by atoms with Crippen molar-refractivity contribution < 1.29 is 22.7 Å². The van der Waals surface area contributed by atoms with Gasteiger partial charge in [0.05, 0.1) is 0 Å². The SMILES string of the molecule is C=CCCC/C=C/COC(=O)C(F)(F)F. The van der Waals surface area contributed by atoms with Crippen LogP contribution in [0, 0.1) is 0 Å². The van der Waals surface area contributed by atoms with Crippen molar-refractivity contribution in [1.29, 1.82) is 0 Å². The molecule has 0 radical (unpaired) electrons. The number of esters is 1. The Kier molecular flexibility index (Phi) is 6.49. The summed E-state index contributed by atoms with van der Waals surface area (Å²) in [5.41, 5.74) is 0. The molecule has 0 aliphatic rings. The number of carbonyl (C=O) groups excluding carboxylic acids is 1. The van der Waals surface area contributed by atoms with Gasteiger partial charge >= 0.3 is 12.1 Å². The maximum Gasteiger partial charge on any atom is 0.490 e. The minimum absolute atomic E-state index is 0.341. The summed E-state index contributed by atoms with van der Waals surface area (Å²) in [6.45, 7) is 3.19. The standard InChI is InChI=1S/C10H13F3O2/c1-2-3-4-5-6-7-8-15-9(14)10(11,12)13/h2,6-7H,1,3-5,8H2/b7-6+. The molecule has 0 aliphatic heterocycles. The lowest BCUT2D eigenvalue weighted by Gasteiger charge is -2.04. The van der Waals surface area contributed by atoms with Crippen LogP contribution in [0.5, 0.6) is 0 Å². The molecule has 0 rings (SSSR count). The molecule has 86 valence electrons. The fourth-order valence-corrected chi connectivity index (χ4v) is 0.772. The third-order valence-electron chi connectivity index (χ3n) is 1.49. The van der Waals surface area contributed by atoms with Gasteiger partial charge in [0, 0.05) is 0 Å². The van der Waals surface area contributed by atoms with E-state index in [4.69, 9.17) is 0 Å². The van der Waals surface area contributed by atoms with Gasteiger partial charge in [0.1, 0.15) is 6.61 Å². The fourth-order valence-electron chi connectivity index (χ4n) is 0.772. The highest BCUT2D eigenvalue weighted by Gasteiger charge is 2.40. The van der Waals surface area contributed by atoms with Crippen molar-refractivity contribution in [2.24, 2.45) is 0 Å². The van der Waals surface area contributed by atoms with Crippen LogP contribution in [0.25, 0.3) is 0 Å². The summed E-state index contributed by atoms with van der Waals surface area (Å²) in [5.74, 6) is -2.15. The summed E-state index contributed by atoms with van der Waals surface area (Å²) in [5, 5.41) is 0. The van der Waals surface area contributed by atoms with E-state index < -0.39 is 12.1 Å².